The third-order valence-corrected chi connectivity index (χ3v) is 8.63. The van der Waals surface area contributed by atoms with Gasteiger partial charge in [0.1, 0.15) is 19.7 Å². The van der Waals surface area contributed by atoms with Gasteiger partial charge in [-0.2, -0.15) is 5.26 Å². The molecule has 11 heteroatoms. The molecule has 41 heavy (non-hydrogen) atoms. The summed E-state index contributed by atoms with van der Waals surface area (Å²) < 4.78 is 0. The third kappa shape index (κ3) is 7.24. The van der Waals surface area contributed by atoms with Crippen molar-refractivity contribution in [3.8, 4) is 6.07 Å². The first-order valence-corrected chi connectivity index (χ1v) is 14.8. The van der Waals surface area contributed by atoms with Crippen LogP contribution in [0.3, 0.4) is 0 Å². The molecule has 3 heterocycles. The Kier molecular flexibility index (Phi) is 9.52. The van der Waals surface area contributed by atoms with Crippen molar-refractivity contribution in [3.05, 3.63) is 47.4 Å². The highest BCUT2D eigenvalue weighted by atomic mass is 16.2. The molecule has 2 saturated heterocycles. The van der Waals surface area contributed by atoms with Crippen LogP contribution in [0.5, 0.6) is 0 Å². The molecule has 3 fully saturated rings. The number of hydrogen-bond donors (Lipinski definition) is 1. The highest BCUT2D eigenvalue weighted by Crippen LogP contribution is 2.25. The highest BCUT2D eigenvalue weighted by molar-refractivity contribution is 6.35. The Morgan fingerprint density at radius 1 is 1.07 bits per heavy atom. The van der Waals surface area contributed by atoms with E-state index in [1.54, 1.807) is 5.01 Å². The Hall–Kier alpha value is -3.49. The summed E-state index contributed by atoms with van der Waals surface area (Å²) in [6.07, 6.45) is 8.23. The molecular formula is C30H39BN8O2. The van der Waals surface area contributed by atoms with Gasteiger partial charge >= 0.3 is 0 Å². The van der Waals surface area contributed by atoms with E-state index in [4.69, 9.17) is 7.85 Å². The van der Waals surface area contributed by atoms with Crippen LogP contribution in [0.15, 0.2) is 30.5 Å². The average molecular weight is 555 g/mol. The van der Waals surface area contributed by atoms with Crippen LogP contribution in [0.2, 0.25) is 0 Å². The Morgan fingerprint density at radius 3 is 2.51 bits per heavy atom. The smallest absolute Gasteiger partial charge is 0.269 e. The number of piperazine rings is 1. The minimum atomic E-state index is -0.245. The summed E-state index contributed by atoms with van der Waals surface area (Å²) in [5.41, 5.74) is 4.98. The lowest BCUT2D eigenvalue weighted by atomic mass is 9.93. The zero-order valence-corrected chi connectivity index (χ0v) is 24.0. The molecule has 1 N–H and O–H groups in total. The maximum Gasteiger partial charge on any atom is 0.269 e. The van der Waals surface area contributed by atoms with Crippen molar-refractivity contribution in [1.82, 2.24) is 30.1 Å². The van der Waals surface area contributed by atoms with Crippen molar-refractivity contribution >= 4 is 30.9 Å². The SMILES string of the molecule is [B]c1cnc(C#N)nc1N(NC(=O)c1cccc(CN2CCC(C(=O)N3CCN(C)CC3)CC2)c1)C1CCCCC1. The first-order valence-electron chi connectivity index (χ1n) is 14.8. The summed E-state index contributed by atoms with van der Waals surface area (Å²) in [4.78, 5) is 41.5. The quantitative estimate of drug-likeness (QED) is 0.407. The van der Waals surface area contributed by atoms with E-state index in [0.717, 1.165) is 96.3 Å². The molecule has 2 aromatic rings. The van der Waals surface area contributed by atoms with Gasteiger partial charge in [-0.1, -0.05) is 31.4 Å². The van der Waals surface area contributed by atoms with Crippen LogP contribution in [0.25, 0.3) is 0 Å². The van der Waals surface area contributed by atoms with E-state index in [1.807, 2.05) is 35.2 Å². The number of nitrogens with zero attached hydrogens (tertiary/aromatic N) is 7. The van der Waals surface area contributed by atoms with Gasteiger partial charge in [0.05, 0.1) is 6.04 Å². The number of hydrazine groups is 1. The second-order valence-electron chi connectivity index (χ2n) is 11.6. The van der Waals surface area contributed by atoms with Gasteiger partial charge in [-0.15, -0.1) is 0 Å². The van der Waals surface area contributed by atoms with Crippen molar-refractivity contribution in [2.24, 2.45) is 5.92 Å². The van der Waals surface area contributed by atoms with Crippen LogP contribution in [0.1, 0.15) is 66.7 Å². The van der Waals surface area contributed by atoms with Gasteiger partial charge in [0, 0.05) is 50.4 Å². The number of hydrogen-bond acceptors (Lipinski definition) is 8. The minimum Gasteiger partial charge on any atom is -0.340 e. The van der Waals surface area contributed by atoms with Crippen molar-refractivity contribution in [2.75, 3.05) is 51.3 Å². The fourth-order valence-electron chi connectivity index (χ4n) is 6.15. The molecule has 1 saturated carbocycles. The van der Waals surface area contributed by atoms with Crippen LogP contribution in [0.4, 0.5) is 5.82 Å². The van der Waals surface area contributed by atoms with Gasteiger partial charge in [0.2, 0.25) is 11.7 Å². The zero-order valence-electron chi connectivity index (χ0n) is 24.0. The fraction of sp³-hybridized carbons (Fsp3) is 0.567. The van der Waals surface area contributed by atoms with Gasteiger partial charge in [-0.3, -0.25) is 24.9 Å². The monoisotopic (exact) mass is 554 g/mol. The molecule has 0 atom stereocenters. The molecule has 5 rings (SSSR count). The lowest BCUT2D eigenvalue weighted by Gasteiger charge is -2.37. The van der Waals surface area contributed by atoms with Gasteiger partial charge in [-0.05, 0) is 69.0 Å². The summed E-state index contributed by atoms with van der Waals surface area (Å²) in [5.74, 6) is 0.547. The Morgan fingerprint density at radius 2 is 1.80 bits per heavy atom. The molecule has 0 bridgehead atoms. The number of likely N-dealkylation sites (N-methyl/N-ethyl adjacent to an activating group) is 1. The second-order valence-corrected chi connectivity index (χ2v) is 11.6. The number of nitriles is 1. The molecule has 0 unspecified atom stereocenters. The predicted molar refractivity (Wildman–Crippen MR) is 157 cm³/mol. The summed E-state index contributed by atoms with van der Waals surface area (Å²) in [7, 11) is 8.31. The lowest BCUT2D eigenvalue weighted by Crippen LogP contribution is -2.52. The number of likely N-dealkylation sites (tertiary alicyclic amines) is 1. The van der Waals surface area contributed by atoms with Crippen LogP contribution < -0.4 is 15.9 Å². The van der Waals surface area contributed by atoms with Crippen molar-refractivity contribution in [2.45, 2.75) is 57.5 Å². The number of rotatable bonds is 7. The van der Waals surface area contributed by atoms with Gasteiger partial charge < -0.3 is 9.80 Å². The van der Waals surface area contributed by atoms with Gasteiger partial charge in [0.15, 0.2) is 0 Å². The molecule has 3 aliphatic rings. The third-order valence-electron chi connectivity index (χ3n) is 8.63. The van der Waals surface area contributed by atoms with Crippen molar-refractivity contribution in [3.63, 3.8) is 0 Å². The summed E-state index contributed by atoms with van der Waals surface area (Å²) in [6, 6.07) is 9.69. The first kappa shape index (κ1) is 29.0. The molecule has 0 spiro atoms. The van der Waals surface area contributed by atoms with Crippen molar-refractivity contribution in [1.29, 1.82) is 5.26 Å². The Labute approximate surface area is 244 Å². The number of amides is 2. The lowest BCUT2D eigenvalue weighted by molar-refractivity contribution is -0.138. The number of nitrogens with one attached hydrogen (secondary N) is 1. The number of benzene rings is 1. The van der Waals surface area contributed by atoms with Crippen LogP contribution in [0, 0.1) is 17.2 Å². The summed E-state index contributed by atoms with van der Waals surface area (Å²) in [6.45, 7) is 6.00. The number of carbonyl (C=O) groups is 2. The van der Waals surface area contributed by atoms with E-state index in [0.29, 0.717) is 22.8 Å². The van der Waals surface area contributed by atoms with E-state index in [-0.39, 0.29) is 23.7 Å². The predicted octanol–water partition coefficient (Wildman–Crippen LogP) is 1.61. The molecule has 1 aromatic heterocycles. The number of anilines is 1. The maximum absolute atomic E-state index is 13.5. The number of aromatic nitrogens is 2. The van der Waals surface area contributed by atoms with Gasteiger partial charge in [-0.25, -0.2) is 9.97 Å². The molecule has 2 radical (unpaired) electrons. The summed E-state index contributed by atoms with van der Waals surface area (Å²) in [5, 5.41) is 11.1. The Bertz CT molecular complexity index is 1260. The molecule has 214 valence electrons. The van der Waals surface area contributed by atoms with Crippen LogP contribution in [-0.2, 0) is 11.3 Å². The number of piperidine rings is 1. The molecule has 2 amide bonds. The van der Waals surface area contributed by atoms with E-state index in [9.17, 15) is 14.9 Å². The van der Waals surface area contributed by atoms with Crippen LogP contribution in [-0.4, -0.2) is 96.7 Å². The summed E-state index contributed by atoms with van der Waals surface area (Å²) >= 11 is 0. The zero-order chi connectivity index (χ0) is 28.8. The number of carbonyl (C=O) groups excluding carboxylic acids is 2. The molecular weight excluding hydrogens is 515 g/mol. The Balaban J connectivity index is 1.21. The first-order chi connectivity index (χ1) is 19.9. The molecule has 2 aliphatic heterocycles. The van der Waals surface area contributed by atoms with Crippen LogP contribution >= 0.6 is 0 Å². The van der Waals surface area contributed by atoms with Gasteiger partial charge in [0.25, 0.3) is 5.91 Å². The van der Waals surface area contributed by atoms with Crippen molar-refractivity contribution < 1.29 is 9.59 Å². The standard InChI is InChI=1S/C30H39BN8O2/c1-36-14-16-38(17-15-36)30(41)23-10-12-37(13-11-23)21-22-6-5-7-24(18-22)29(40)35-39(25-8-3-2-4-9-25)28-26(31)20-33-27(19-32)34-28/h5-7,18,20,23,25H,2-4,8-17,21H2,1H3,(H,35,40). The average Bonchev–Trinajstić information content (AvgIpc) is 3.01. The fourth-order valence-corrected chi connectivity index (χ4v) is 6.15. The molecule has 1 aromatic carbocycles. The minimum absolute atomic E-state index is 0.0141. The topological polar surface area (TPSA) is 109 Å². The van der Waals surface area contributed by atoms with E-state index in [2.05, 4.69) is 32.2 Å². The maximum atomic E-state index is 13.5. The van der Waals surface area contributed by atoms with E-state index >= 15 is 0 Å². The molecule has 10 nitrogen and oxygen atoms in total. The largest absolute Gasteiger partial charge is 0.340 e. The normalized spacial score (nSPS) is 19.5. The van der Waals surface area contributed by atoms with E-state index in [1.165, 1.54) is 6.20 Å². The van der Waals surface area contributed by atoms with E-state index < -0.39 is 0 Å². The second kappa shape index (κ2) is 13.5. The highest BCUT2D eigenvalue weighted by Gasteiger charge is 2.30. The molecule has 1 aliphatic carbocycles.